The average Bonchev–Trinajstić information content (AvgIpc) is 3.33. The largest absolute Gasteiger partial charge is 0.369 e. The lowest BCUT2D eigenvalue weighted by atomic mass is 10.1. The van der Waals surface area contributed by atoms with Crippen molar-refractivity contribution in [3.63, 3.8) is 0 Å². The summed E-state index contributed by atoms with van der Waals surface area (Å²) in [5.74, 6) is -0.0529. The number of nitrogens with one attached hydrogen (secondary N) is 1. The van der Waals surface area contributed by atoms with Crippen molar-refractivity contribution in [2.24, 2.45) is 0 Å². The number of carbonyl (C=O) groups is 1. The van der Waals surface area contributed by atoms with E-state index in [-0.39, 0.29) is 11.9 Å². The monoisotopic (exact) mass is 417 g/mol. The molecule has 1 saturated heterocycles. The second-order valence-electron chi connectivity index (χ2n) is 8.30. The highest BCUT2D eigenvalue weighted by Crippen LogP contribution is 2.18. The predicted molar refractivity (Wildman–Crippen MR) is 125 cm³/mol. The molecule has 0 saturated carbocycles. The molecule has 2 heterocycles. The molecule has 0 aliphatic carbocycles. The Kier molecular flexibility index (Phi) is 6.67. The summed E-state index contributed by atoms with van der Waals surface area (Å²) in [6.45, 7) is 9.40. The van der Waals surface area contributed by atoms with E-state index in [4.69, 9.17) is 0 Å². The molecule has 1 aliphatic rings. The third kappa shape index (κ3) is 5.33. The van der Waals surface area contributed by atoms with Gasteiger partial charge in [0.1, 0.15) is 0 Å². The Bertz CT molecular complexity index is 993. The Labute approximate surface area is 184 Å². The van der Waals surface area contributed by atoms with E-state index in [1.807, 2.05) is 36.5 Å². The van der Waals surface area contributed by atoms with Gasteiger partial charge in [0.05, 0.1) is 11.3 Å². The number of anilines is 1. The number of hydrogen-bond donors (Lipinski definition) is 1. The highest BCUT2D eigenvalue weighted by molar-refractivity contribution is 5.97. The van der Waals surface area contributed by atoms with Gasteiger partial charge in [-0.05, 0) is 56.2 Å². The van der Waals surface area contributed by atoms with Gasteiger partial charge in [0, 0.05) is 56.8 Å². The van der Waals surface area contributed by atoms with Gasteiger partial charge in [-0.2, -0.15) is 5.10 Å². The summed E-state index contributed by atoms with van der Waals surface area (Å²) in [5.41, 5.74) is 4.06. The summed E-state index contributed by atoms with van der Waals surface area (Å²) in [7, 11) is 0. The summed E-state index contributed by atoms with van der Waals surface area (Å²) < 4.78 is 1.73. The fourth-order valence-electron chi connectivity index (χ4n) is 4.08. The van der Waals surface area contributed by atoms with Crippen LogP contribution in [0.25, 0.3) is 5.69 Å². The number of carbonyl (C=O) groups excluding carboxylic acids is 1. The quantitative estimate of drug-likeness (QED) is 0.639. The maximum atomic E-state index is 12.9. The Morgan fingerprint density at radius 2 is 1.87 bits per heavy atom. The molecule has 1 fully saturated rings. The summed E-state index contributed by atoms with van der Waals surface area (Å²) >= 11 is 0. The first-order valence-corrected chi connectivity index (χ1v) is 11.0. The molecule has 1 aromatic heterocycles. The van der Waals surface area contributed by atoms with E-state index in [9.17, 15) is 4.79 Å². The highest BCUT2D eigenvalue weighted by Gasteiger charge is 2.19. The Morgan fingerprint density at radius 3 is 2.61 bits per heavy atom. The number of aryl methyl sites for hydroxylation is 1. The first kappa shape index (κ1) is 21.1. The molecule has 2 aromatic carbocycles. The number of rotatable bonds is 7. The normalized spacial score (nSPS) is 15.6. The van der Waals surface area contributed by atoms with E-state index in [0.29, 0.717) is 5.56 Å². The van der Waals surface area contributed by atoms with Crippen molar-refractivity contribution >= 4 is 11.6 Å². The van der Waals surface area contributed by atoms with Crippen LogP contribution in [-0.4, -0.2) is 59.4 Å². The van der Waals surface area contributed by atoms with E-state index in [1.165, 1.54) is 11.3 Å². The van der Waals surface area contributed by atoms with Crippen molar-refractivity contribution in [2.75, 3.05) is 37.6 Å². The van der Waals surface area contributed by atoms with Crippen LogP contribution >= 0.6 is 0 Å². The molecule has 1 amide bonds. The van der Waals surface area contributed by atoms with Crippen molar-refractivity contribution in [3.8, 4) is 5.69 Å². The zero-order valence-electron chi connectivity index (χ0n) is 18.4. The lowest BCUT2D eigenvalue weighted by Gasteiger charge is -2.36. The molecule has 4 rings (SSSR count). The van der Waals surface area contributed by atoms with E-state index in [2.05, 4.69) is 58.3 Å². The maximum Gasteiger partial charge on any atom is 0.253 e. The minimum absolute atomic E-state index is 0.0529. The topological polar surface area (TPSA) is 53.4 Å². The molecule has 1 aliphatic heterocycles. The molecule has 0 radical (unpaired) electrons. The van der Waals surface area contributed by atoms with Crippen LogP contribution in [-0.2, 0) is 0 Å². The van der Waals surface area contributed by atoms with Gasteiger partial charge in [0.2, 0.25) is 0 Å². The van der Waals surface area contributed by atoms with Crippen LogP contribution in [0, 0.1) is 6.92 Å². The number of piperazine rings is 1. The molecular formula is C25H31N5O. The average molecular weight is 418 g/mol. The Hall–Kier alpha value is -3.12. The van der Waals surface area contributed by atoms with Crippen molar-refractivity contribution in [2.45, 2.75) is 26.3 Å². The molecule has 6 heteroatoms. The SMILES string of the molecule is Cc1cccc(N2CCN(CC[C@@H](C)NC(=O)c3ccccc3-n3cccn3)CC2)c1. The Balaban J connectivity index is 1.26. The second kappa shape index (κ2) is 9.79. The molecule has 0 unspecified atom stereocenters. The number of para-hydroxylation sites is 1. The molecule has 1 N–H and O–H groups in total. The smallest absolute Gasteiger partial charge is 0.253 e. The number of nitrogens with zero attached hydrogens (tertiary/aromatic N) is 4. The van der Waals surface area contributed by atoms with E-state index in [0.717, 1.165) is 44.8 Å². The lowest BCUT2D eigenvalue weighted by Crippen LogP contribution is -2.47. The van der Waals surface area contributed by atoms with Crippen molar-refractivity contribution in [1.82, 2.24) is 20.0 Å². The number of hydrogen-bond acceptors (Lipinski definition) is 4. The van der Waals surface area contributed by atoms with Crippen LogP contribution in [0.15, 0.2) is 67.0 Å². The number of aromatic nitrogens is 2. The summed E-state index contributed by atoms with van der Waals surface area (Å²) in [6, 6.07) is 18.3. The van der Waals surface area contributed by atoms with Crippen LogP contribution in [0.4, 0.5) is 5.69 Å². The van der Waals surface area contributed by atoms with E-state index in [1.54, 1.807) is 10.9 Å². The van der Waals surface area contributed by atoms with Gasteiger partial charge < -0.3 is 10.2 Å². The van der Waals surface area contributed by atoms with E-state index >= 15 is 0 Å². The predicted octanol–water partition coefficient (Wildman–Crippen LogP) is 3.51. The first-order chi connectivity index (χ1) is 15.1. The second-order valence-corrected chi connectivity index (χ2v) is 8.30. The van der Waals surface area contributed by atoms with Gasteiger partial charge in [0.15, 0.2) is 0 Å². The van der Waals surface area contributed by atoms with E-state index < -0.39 is 0 Å². The third-order valence-corrected chi connectivity index (χ3v) is 5.89. The maximum absolute atomic E-state index is 12.9. The molecule has 0 spiro atoms. The Morgan fingerprint density at radius 1 is 1.06 bits per heavy atom. The zero-order valence-corrected chi connectivity index (χ0v) is 18.4. The lowest BCUT2D eigenvalue weighted by molar-refractivity contribution is 0.0935. The molecule has 3 aromatic rings. The van der Waals surface area contributed by atoms with Crippen LogP contribution in [0.5, 0.6) is 0 Å². The fourth-order valence-corrected chi connectivity index (χ4v) is 4.08. The standard InChI is InChI=1S/C25H31N5O/c1-20-7-5-8-22(19-20)29-17-15-28(16-18-29)14-11-21(2)27-25(31)23-9-3-4-10-24(23)30-13-6-12-26-30/h3-10,12-13,19,21H,11,14-18H2,1-2H3,(H,27,31)/t21-/m1/s1. The number of benzene rings is 2. The minimum Gasteiger partial charge on any atom is -0.369 e. The summed E-state index contributed by atoms with van der Waals surface area (Å²) in [5, 5.41) is 7.43. The van der Waals surface area contributed by atoms with Crippen LogP contribution in [0.1, 0.15) is 29.3 Å². The summed E-state index contributed by atoms with van der Waals surface area (Å²) in [4.78, 5) is 17.8. The van der Waals surface area contributed by atoms with Crippen LogP contribution in [0.3, 0.4) is 0 Å². The fraction of sp³-hybridized carbons (Fsp3) is 0.360. The summed E-state index contributed by atoms with van der Waals surface area (Å²) in [6.07, 6.45) is 4.50. The van der Waals surface area contributed by atoms with Gasteiger partial charge in [-0.1, -0.05) is 24.3 Å². The van der Waals surface area contributed by atoms with Gasteiger partial charge in [-0.3, -0.25) is 9.69 Å². The minimum atomic E-state index is -0.0529. The molecule has 162 valence electrons. The zero-order chi connectivity index (χ0) is 21.6. The molecule has 6 nitrogen and oxygen atoms in total. The third-order valence-electron chi connectivity index (χ3n) is 5.89. The molecule has 0 bridgehead atoms. The van der Waals surface area contributed by atoms with Crippen LogP contribution in [0.2, 0.25) is 0 Å². The highest BCUT2D eigenvalue weighted by atomic mass is 16.1. The molecule has 31 heavy (non-hydrogen) atoms. The van der Waals surface area contributed by atoms with Gasteiger partial charge in [-0.25, -0.2) is 4.68 Å². The van der Waals surface area contributed by atoms with Gasteiger partial charge in [-0.15, -0.1) is 0 Å². The van der Waals surface area contributed by atoms with Gasteiger partial charge in [0.25, 0.3) is 5.91 Å². The van der Waals surface area contributed by atoms with Crippen LogP contribution < -0.4 is 10.2 Å². The van der Waals surface area contributed by atoms with Gasteiger partial charge >= 0.3 is 0 Å². The molecule has 1 atom stereocenters. The first-order valence-electron chi connectivity index (χ1n) is 11.0. The molecular weight excluding hydrogens is 386 g/mol. The van der Waals surface area contributed by atoms with Crippen molar-refractivity contribution in [3.05, 3.63) is 78.1 Å². The van der Waals surface area contributed by atoms with Crippen molar-refractivity contribution < 1.29 is 4.79 Å². The van der Waals surface area contributed by atoms with Crippen molar-refractivity contribution in [1.29, 1.82) is 0 Å². The number of amides is 1.